The molecule has 0 saturated carbocycles. The Kier molecular flexibility index (Phi) is 5.17. The molecule has 0 fully saturated rings. The maximum Gasteiger partial charge on any atom is 0.0102 e. The van der Waals surface area contributed by atoms with Crippen molar-refractivity contribution in [2.75, 3.05) is 0 Å². The zero-order chi connectivity index (χ0) is 23.9. The second kappa shape index (κ2) is 8.81. The summed E-state index contributed by atoms with van der Waals surface area (Å²) in [6.07, 6.45) is 4.68. The van der Waals surface area contributed by atoms with Crippen LogP contribution in [-0.4, -0.2) is 0 Å². The number of hydrogen-bond acceptors (Lipinski definition) is 0. The van der Waals surface area contributed by atoms with Crippen molar-refractivity contribution in [1.29, 1.82) is 0 Å². The van der Waals surface area contributed by atoms with Crippen molar-refractivity contribution in [3.05, 3.63) is 155 Å². The Morgan fingerprint density at radius 3 is 1.81 bits per heavy atom. The summed E-state index contributed by atoms with van der Waals surface area (Å²) in [5.74, 6) is 0.849. The van der Waals surface area contributed by atoms with Crippen molar-refractivity contribution in [3.63, 3.8) is 0 Å². The Labute approximate surface area is 213 Å². The molecule has 5 aromatic carbocycles. The zero-order valence-electron chi connectivity index (χ0n) is 20.3. The molecular weight excluding hydrogens is 432 g/mol. The SMILES string of the molecule is C1=C(c2ccccc2)C(CCC2c3ccccc3-c3c(-c4ccccc4)cccc32)c2ccccc21. The first-order valence-electron chi connectivity index (χ1n) is 13.0. The fourth-order valence-electron chi connectivity index (χ4n) is 6.48. The Bertz CT molecular complexity index is 1570. The van der Waals surface area contributed by atoms with Crippen LogP contribution in [0.5, 0.6) is 0 Å². The Hall–Kier alpha value is -4.16. The van der Waals surface area contributed by atoms with E-state index in [0.29, 0.717) is 11.8 Å². The normalized spacial score (nSPS) is 17.3. The van der Waals surface area contributed by atoms with Gasteiger partial charge < -0.3 is 0 Å². The van der Waals surface area contributed by atoms with Crippen LogP contribution in [0.4, 0.5) is 0 Å². The predicted molar refractivity (Wildman–Crippen MR) is 152 cm³/mol. The van der Waals surface area contributed by atoms with Crippen LogP contribution in [0.3, 0.4) is 0 Å². The van der Waals surface area contributed by atoms with Crippen LogP contribution < -0.4 is 0 Å². The molecule has 0 radical (unpaired) electrons. The van der Waals surface area contributed by atoms with E-state index in [1.807, 2.05) is 0 Å². The highest BCUT2D eigenvalue weighted by Crippen LogP contribution is 2.52. The summed E-state index contributed by atoms with van der Waals surface area (Å²) >= 11 is 0. The van der Waals surface area contributed by atoms with Crippen molar-refractivity contribution < 1.29 is 0 Å². The zero-order valence-corrected chi connectivity index (χ0v) is 20.3. The molecule has 36 heavy (non-hydrogen) atoms. The lowest BCUT2D eigenvalue weighted by atomic mass is 9.82. The number of rotatable bonds is 5. The summed E-state index contributed by atoms with van der Waals surface area (Å²) in [6, 6.07) is 46.7. The molecule has 0 N–H and O–H groups in total. The smallest absolute Gasteiger partial charge is 0.0102 e. The van der Waals surface area contributed by atoms with Crippen LogP contribution in [0.2, 0.25) is 0 Å². The summed E-state index contributed by atoms with van der Waals surface area (Å²) in [5.41, 5.74) is 14.1. The Balaban J connectivity index is 1.28. The molecule has 0 spiro atoms. The summed E-state index contributed by atoms with van der Waals surface area (Å²) < 4.78 is 0. The largest absolute Gasteiger partial charge is 0.0622 e. The van der Waals surface area contributed by atoms with Gasteiger partial charge in [-0.25, -0.2) is 0 Å². The minimum atomic E-state index is 0.421. The Morgan fingerprint density at radius 1 is 0.417 bits per heavy atom. The molecule has 0 heteroatoms. The Morgan fingerprint density at radius 2 is 1.00 bits per heavy atom. The van der Waals surface area contributed by atoms with Gasteiger partial charge in [0.2, 0.25) is 0 Å². The molecule has 7 rings (SSSR count). The van der Waals surface area contributed by atoms with Gasteiger partial charge >= 0.3 is 0 Å². The highest BCUT2D eigenvalue weighted by atomic mass is 14.4. The minimum absolute atomic E-state index is 0.421. The van der Waals surface area contributed by atoms with Gasteiger partial charge in [-0.15, -0.1) is 0 Å². The van der Waals surface area contributed by atoms with Gasteiger partial charge in [-0.1, -0.05) is 133 Å². The monoisotopic (exact) mass is 460 g/mol. The maximum absolute atomic E-state index is 2.42. The van der Waals surface area contributed by atoms with E-state index in [4.69, 9.17) is 0 Å². The van der Waals surface area contributed by atoms with E-state index in [0.717, 1.165) is 12.8 Å². The average Bonchev–Trinajstić information content (AvgIpc) is 3.48. The maximum atomic E-state index is 2.42. The van der Waals surface area contributed by atoms with Gasteiger partial charge in [0.1, 0.15) is 0 Å². The standard InChI is InChI=1S/C36H28/c1-3-12-25(13-4-1)29-20-11-21-34-32(30-18-9-10-19-33(30)36(29)34)23-22-31-28-17-8-7-16-27(28)24-35(31)26-14-5-2-6-15-26/h1-21,24,31-32H,22-23H2. The molecule has 2 unspecified atom stereocenters. The van der Waals surface area contributed by atoms with Gasteiger partial charge in [0.15, 0.2) is 0 Å². The highest BCUT2D eigenvalue weighted by molar-refractivity contribution is 5.92. The molecular formula is C36H28. The van der Waals surface area contributed by atoms with Gasteiger partial charge in [0.05, 0.1) is 0 Å². The molecule has 0 saturated heterocycles. The summed E-state index contributed by atoms with van der Waals surface area (Å²) in [6.45, 7) is 0. The number of fused-ring (bicyclic) bond motifs is 4. The van der Waals surface area contributed by atoms with Crippen molar-refractivity contribution in [2.24, 2.45) is 0 Å². The fourth-order valence-corrected chi connectivity index (χ4v) is 6.48. The molecule has 0 nitrogen and oxygen atoms in total. The van der Waals surface area contributed by atoms with E-state index >= 15 is 0 Å². The third-order valence-corrected chi connectivity index (χ3v) is 8.07. The lowest BCUT2D eigenvalue weighted by Crippen LogP contribution is -2.04. The molecule has 5 aromatic rings. The van der Waals surface area contributed by atoms with Crippen LogP contribution in [0, 0.1) is 0 Å². The second-order valence-electron chi connectivity index (χ2n) is 10.0. The van der Waals surface area contributed by atoms with E-state index in [-0.39, 0.29) is 0 Å². The molecule has 0 aromatic heterocycles. The van der Waals surface area contributed by atoms with Crippen molar-refractivity contribution in [2.45, 2.75) is 24.7 Å². The predicted octanol–water partition coefficient (Wildman–Crippen LogP) is 9.58. The van der Waals surface area contributed by atoms with E-state index in [1.165, 1.54) is 55.6 Å². The van der Waals surface area contributed by atoms with Crippen molar-refractivity contribution in [3.8, 4) is 22.3 Å². The number of allylic oxidation sites excluding steroid dienone is 1. The van der Waals surface area contributed by atoms with Crippen LogP contribution in [0.25, 0.3) is 33.9 Å². The highest BCUT2D eigenvalue weighted by Gasteiger charge is 2.33. The van der Waals surface area contributed by atoms with Crippen LogP contribution in [0.15, 0.2) is 127 Å². The molecule has 0 aliphatic heterocycles. The molecule has 0 heterocycles. The van der Waals surface area contributed by atoms with Crippen LogP contribution in [0.1, 0.15) is 52.5 Å². The van der Waals surface area contributed by atoms with Gasteiger partial charge in [-0.05, 0) is 68.5 Å². The van der Waals surface area contributed by atoms with Crippen molar-refractivity contribution in [1.82, 2.24) is 0 Å². The third-order valence-electron chi connectivity index (χ3n) is 8.07. The third kappa shape index (κ3) is 3.45. The lowest BCUT2D eigenvalue weighted by molar-refractivity contribution is 0.641. The van der Waals surface area contributed by atoms with Crippen LogP contribution in [-0.2, 0) is 0 Å². The summed E-state index contributed by atoms with van der Waals surface area (Å²) in [5, 5.41) is 0. The first-order chi connectivity index (χ1) is 17.9. The molecule has 2 aliphatic rings. The molecule has 2 aliphatic carbocycles. The quantitative estimate of drug-likeness (QED) is 0.245. The van der Waals surface area contributed by atoms with Gasteiger partial charge in [-0.2, -0.15) is 0 Å². The first-order valence-corrected chi connectivity index (χ1v) is 13.0. The number of hydrogen-bond donors (Lipinski definition) is 0. The first kappa shape index (κ1) is 21.1. The van der Waals surface area contributed by atoms with E-state index < -0.39 is 0 Å². The summed E-state index contributed by atoms with van der Waals surface area (Å²) in [7, 11) is 0. The molecule has 172 valence electrons. The van der Waals surface area contributed by atoms with Gasteiger partial charge in [0.25, 0.3) is 0 Å². The van der Waals surface area contributed by atoms with E-state index in [2.05, 4.69) is 133 Å². The minimum Gasteiger partial charge on any atom is -0.0622 e. The number of benzene rings is 5. The topological polar surface area (TPSA) is 0 Å². The molecule has 0 bridgehead atoms. The van der Waals surface area contributed by atoms with Gasteiger partial charge in [-0.3, -0.25) is 0 Å². The fraction of sp³-hybridized carbons (Fsp3) is 0.111. The molecule has 2 atom stereocenters. The average molecular weight is 461 g/mol. The lowest BCUT2D eigenvalue weighted by Gasteiger charge is -2.21. The second-order valence-corrected chi connectivity index (χ2v) is 10.0. The van der Waals surface area contributed by atoms with Gasteiger partial charge in [0, 0.05) is 11.8 Å². The molecule has 0 amide bonds. The van der Waals surface area contributed by atoms with E-state index in [9.17, 15) is 0 Å². The van der Waals surface area contributed by atoms with Crippen LogP contribution >= 0.6 is 0 Å². The van der Waals surface area contributed by atoms with E-state index in [1.54, 1.807) is 0 Å². The van der Waals surface area contributed by atoms with Crippen molar-refractivity contribution >= 4 is 11.6 Å². The summed E-state index contributed by atoms with van der Waals surface area (Å²) in [4.78, 5) is 0.